The first kappa shape index (κ1) is 14.0. The number of alkyl halides is 1. The van der Waals surface area contributed by atoms with E-state index in [9.17, 15) is 4.79 Å². The largest absolute Gasteiger partial charge is 0.374 e. The number of amides is 1. The summed E-state index contributed by atoms with van der Waals surface area (Å²) in [6.07, 6.45) is 1.17. The van der Waals surface area contributed by atoms with Crippen molar-refractivity contribution in [2.75, 3.05) is 6.54 Å². The van der Waals surface area contributed by atoms with Gasteiger partial charge in [0.1, 0.15) is 0 Å². The van der Waals surface area contributed by atoms with Crippen molar-refractivity contribution in [2.45, 2.75) is 51.2 Å². The van der Waals surface area contributed by atoms with E-state index in [1.54, 1.807) is 0 Å². The molecule has 0 aromatic rings. The maximum Gasteiger partial charge on any atom is 0.226 e. The van der Waals surface area contributed by atoms with Crippen LogP contribution in [0.15, 0.2) is 0 Å². The molecule has 5 unspecified atom stereocenters. The molecule has 0 spiro atoms. The fourth-order valence-corrected chi connectivity index (χ4v) is 2.46. The molecule has 1 N–H and O–H groups in total. The van der Waals surface area contributed by atoms with E-state index in [2.05, 4.69) is 35.1 Å². The number of nitrogens with one attached hydrogen (secondary N) is 1. The first-order valence-corrected chi connectivity index (χ1v) is 6.92. The molecule has 1 fully saturated rings. The van der Waals surface area contributed by atoms with Gasteiger partial charge in [0.2, 0.25) is 5.91 Å². The lowest BCUT2D eigenvalue weighted by molar-refractivity contribution is -0.127. The highest BCUT2D eigenvalue weighted by Gasteiger charge is 2.41. The topological polar surface area (TPSA) is 38.3 Å². The minimum Gasteiger partial charge on any atom is -0.374 e. The Morgan fingerprint density at radius 1 is 1.38 bits per heavy atom. The Morgan fingerprint density at radius 3 is 2.44 bits per heavy atom. The molecule has 3 nitrogen and oxygen atoms in total. The van der Waals surface area contributed by atoms with E-state index in [4.69, 9.17) is 4.74 Å². The molecule has 0 radical (unpaired) electrons. The second-order valence-corrected chi connectivity index (χ2v) is 6.35. The zero-order valence-corrected chi connectivity index (χ0v) is 12.1. The van der Waals surface area contributed by atoms with Crippen molar-refractivity contribution < 1.29 is 9.53 Å². The molecule has 0 aromatic heterocycles. The Morgan fingerprint density at radius 2 is 2.00 bits per heavy atom. The molecule has 1 heterocycles. The smallest absolute Gasteiger partial charge is 0.226 e. The van der Waals surface area contributed by atoms with Crippen LogP contribution in [0.4, 0.5) is 0 Å². The standard InChI is InChI=1S/C12H22BrNO2/c1-7(13)5-6-14-12(15)11-8(2)9(3)16-10(11)4/h7-11H,5-6H2,1-4H3,(H,14,15). The molecule has 94 valence electrons. The Kier molecular flexibility index (Phi) is 5.25. The summed E-state index contributed by atoms with van der Waals surface area (Å²) < 4.78 is 5.66. The zero-order chi connectivity index (χ0) is 12.3. The average Bonchev–Trinajstić information content (AvgIpc) is 2.40. The molecule has 5 atom stereocenters. The number of ether oxygens (including phenoxy) is 1. The summed E-state index contributed by atoms with van der Waals surface area (Å²) in [5.41, 5.74) is 0. The maximum absolute atomic E-state index is 12.0. The fourth-order valence-electron chi connectivity index (χ4n) is 2.23. The molecule has 0 aromatic carbocycles. The van der Waals surface area contributed by atoms with Gasteiger partial charge in [-0.25, -0.2) is 0 Å². The van der Waals surface area contributed by atoms with Crippen molar-refractivity contribution in [3.05, 3.63) is 0 Å². The molecular weight excluding hydrogens is 270 g/mol. The molecular formula is C12H22BrNO2. The third-order valence-electron chi connectivity index (χ3n) is 3.39. The monoisotopic (exact) mass is 291 g/mol. The van der Waals surface area contributed by atoms with Gasteiger partial charge in [0.25, 0.3) is 0 Å². The number of rotatable bonds is 4. The van der Waals surface area contributed by atoms with E-state index in [-0.39, 0.29) is 24.0 Å². The molecule has 4 heteroatoms. The van der Waals surface area contributed by atoms with Gasteiger partial charge >= 0.3 is 0 Å². The van der Waals surface area contributed by atoms with Gasteiger partial charge in [-0.15, -0.1) is 0 Å². The minimum atomic E-state index is 0.000585. The first-order chi connectivity index (χ1) is 7.43. The normalized spacial score (nSPS) is 36.1. The summed E-state index contributed by atoms with van der Waals surface area (Å²) in [6, 6.07) is 0. The highest BCUT2D eigenvalue weighted by atomic mass is 79.9. The van der Waals surface area contributed by atoms with Crippen LogP contribution in [-0.4, -0.2) is 29.5 Å². The molecule has 0 bridgehead atoms. The predicted octanol–water partition coefficient (Wildman–Crippen LogP) is 2.34. The van der Waals surface area contributed by atoms with Crippen LogP contribution in [0.2, 0.25) is 0 Å². The van der Waals surface area contributed by atoms with Crippen LogP contribution >= 0.6 is 15.9 Å². The Balaban J connectivity index is 2.41. The Labute approximate surface area is 106 Å². The second-order valence-electron chi connectivity index (χ2n) is 4.79. The van der Waals surface area contributed by atoms with Crippen LogP contribution in [0.1, 0.15) is 34.1 Å². The van der Waals surface area contributed by atoms with Crippen molar-refractivity contribution >= 4 is 21.8 Å². The van der Waals surface area contributed by atoms with Gasteiger partial charge in [0.15, 0.2) is 0 Å². The third-order valence-corrected chi connectivity index (χ3v) is 3.84. The third kappa shape index (κ3) is 3.45. The Hall–Kier alpha value is -0.0900. The molecule has 16 heavy (non-hydrogen) atoms. The van der Waals surface area contributed by atoms with Gasteiger partial charge < -0.3 is 10.1 Å². The second kappa shape index (κ2) is 6.01. The van der Waals surface area contributed by atoms with Crippen molar-refractivity contribution in [2.24, 2.45) is 11.8 Å². The lowest BCUT2D eigenvalue weighted by Gasteiger charge is -2.18. The molecule has 1 rings (SSSR count). The van der Waals surface area contributed by atoms with E-state index >= 15 is 0 Å². The van der Waals surface area contributed by atoms with Crippen molar-refractivity contribution in [1.82, 2.24) is 5.32 Å². The number of carbonyl (C=O) groups is 1. The van der Waals surface area contributed by atoms with Gasteiger partial charge in [-0.2, -0.15) is 0 Å². The molecule has 1 amide bonds. The molecule has 0 aliphatic carbocycles. The Bertz CT molecular complexity index is 245. The van der Waals surface area contributed by atoms with Crippen LogP contribution in [0, 0.1) is 11.8 Å². The lowest BCUT2D eigenvalue weighted by Crippen LogP contribution is -2.38. The molecule has 0 saturated carbocycles. The van der Waals surface area contributed by atoms with Crippen LogP contribution in [0.3, 0.4) is 0 Å². The SMILES string of the molecule is CC(Br)CCNC(=O)C1C(C)OC(C)C1C. The zero-order valence-electron chi connectivity index (χ0n) is 10.5. The number of carbonyl (C=O) groups excluding carboxylic acids is 1. The average molecular weight is 292 g/mol. The quantitative estimate of drug-likeness (QED) is 0.808. The fraction of sp³-hybridized carbons (Fsp3) is 0.917. The van der Waals surface area contributed by atoms with Crippen LogP contribution < -0.4 is 5.32 Å². The van der Waals surface area contributed by atoms with E-state index in [0.717, 1.165) is 13.0 Å². The van der Waals surface area contributed by atoms with E-state index in [1.165, 1.54) is 0 Å². The number of hydrogen-bond acceptors (Lipinski definition) is 2. The highest BCUT2D eigenvalue weighted by Crippen LogP contribution is 2.32. The maximum atomic E-state index is 12.0. The molecule has 1 aliphatic heterocycles. The first-order valence-electron chi connectivity index (χ1n) is 6.00. The van der Waals surface area contributed by atoms with Gasteiger partial charge in [-0.3, -0.25) is 4.79 Å². The highest BCUT2D eigenvalue weighted by molar-refractivity contribution is 9.09. The van der Waals surface area contributed by atoms with E-state index < -0.39 is 0 Å². The summed E-state index contributed by atoms with van der Waals surface area (Å²) in [5.74, 6) is 0.439. The summed E-state index contributed by atoms with van der Waals surface area (Å²) in [7, 11) is 0. The predicted molar refractivity (Wildman–Crippen MR) is 68.7 cm³/mol. The minimum absolute atomic E-state index is 0.000585. The summed E-state index contributed by atoms with van der Waals surface area (Å²) >= 11 is 3.47. The van der Waals surface area contributed by atoms with Crippen LogP contribution in [0.25, 0.3) is 0 Å². The summed E-state index contributed by atoms with van der Waals surface area (Å²) in [6.45, 7) is 8.92. The summed E-state index contributed by atoms with van der Waals surface area (Å²) in [4.78, 5) is 12.4. The van der Waals surface area contributed by atoms with Crippen molar-refractivity contribution in [1.29, 1.82) is 0 Å². The van der Waals surface area contributed by atoms with Crippen molar-refractivity contribution in [3.8, 4) is 0 Å². The number of hydrogen-bond donors (Lipinski definition) is 1. The van der Waals surface area contributed by atoms with Crippen LogP contribution in [0.5, 0.6) is 0 Å². The van der Waals surface area contributed by atoms with Crippen molar-refractivity contribution in [3.63, 3.8) is 0 Å². The van der Waals surface area contributed by atoms with Crippen LogP contribution in [-0.2, 0) is 9.53 Å². The van der Waals surface area contributed by atoms with Gasteiger partial charge in [-0.05, 0) is 26.2 Å². The van der Waals surface area contributed by atoms with Gasteiger partial charge in [-0.1, -0.05) is 29.8 Å². The van der Waals surface area contributed by atoms with Gasteiger partial charge in [0.05, 0.1) is 18.1 Å². The van der Waals surface area contributed by atoms with E-state index in [0.29, 0.717) is 10.7 Å². The van der Waals surface area contributed by atoms with E-state index in [1.807, 2.05) is 13.8 Å². The molecule has 1 saturated heterocycles. The lowest BCUT2D eigenvalue weighted by atomic mass is 9.89. The molecule has 1 aliphatic rings. The number of halogens is 1. The van der Waals surface area contributed by atoms with Gasteiger partial charge in [0, 0.05) is 11.4 Å². The summed E-state index contributed by atoms with van der Waals surface area (Å²) in [5, 5.41) is 2.99.